The maximum absolute atomic E-state index is 12.9. The van der Waals surface area contributed by atoms with Crippen LogP contribution in [-0.2, 0) is 31.2 Å². The second-order valence-corrected chi connectivity index (χ2v) is 9.00. The summed E-state index contributed by atoms with van der Waals surface area (Å²) < 4.78 is 1.60. The van der Waals surface area contributed by atoms with Crippen molar-refractivity contribution in [3.8, 4) is 0 Å². The fourth-order valence-electron chi connectivity index (χ4n) is 3.63. The van der Waals surface area contributed by atoms with E-state index in [1.54, 1.807) is 23.0 Å². The molecule has 7 heteroatoms. The molecular formula is C21H23N3O2S2. The van der Waals surface area contributed by atoms with Crippen LogP contribution in [0.3, 0.4) is 0 Å². The fourth-order valence-corrected chi connectivity index (χ4v) is 5.81. The van der Waals surface area contributed by atoms with E-state index in [2.05, 4.69) is 0 Å². The summed E-state index contributed by atoms with van der Waals surface area (Å²) in [5, 5.41) is 1.40. The number of hydrogen-bond donors (Lipinski definition) is 0. The van der Waals surface area contributed by atoms with Crippen LogP contribution in [0.1, 0.15) is 29.3 Å². The molecule has 2 heterocycles. The number of rotatable bonds is 6. The number of aromatic nitrogens is 2. The number of thioether (sulfide) groups is 1. The van der Waals surface area contributed by atoms with Gasteiger partial charge in [-0.25, -0.2) is 4.98 Å². The van der Waals surface area contributed by atoms with Crippen LogP contribution in [0, 0.1) is 0 Å². The molecule has 0 saturated heterocycles. The van der Waals surface area contributed by atoms with Crippen LogP contribution in [0.2, 0.25) is 0 Å². The van der Waals surface area contributed by atoms with Crippen LogP contribution in [0.5, 0.6) is 0 Å². The predicted octanol–water partition coefficient (Wildman–Crippen LogP) is 3.62. The van der Waals surface area contributed by atoms with Gasteiger partial charge >= 0.3 is 0 Å². The molecule has 5 nitrogen and oxygen atoms in total. The first-order valence-corrected chi connectivity index (χ1v) is 11.3. The van der Waals surface area contributed by atoms with Crippen molar-refractivity contribution >= 4 is 39.2 Å². The van der Waals surface area contributed by atoms with Crippen molar-refractivity contribution in [2.24, 2.45) is 7.05 Å². The Morgan fingerprint density at radius 1 is 1.29 bits per heavy atom. The van der Waals surface area contributed by atoms with Gasteiger partial charge in [-0.1, -0.05) is 42.1 Å². The van der Waals surface area contributed by atoms with E-state index < -0.39 is 0 Å². The Bertz CT molecular complexity index is 1070. The lowest BCUT2D eigenvalue weighted by molar-refractivity contribution is -0.128. The molecule has 28 heavy (non-hydrogen) atoms. The van der Waals surface area contributed by atoms with Crippen molar-refractivity contribution in [2.75, 3.05) is 12.3 Å². The molecule has 146 valence electrons. The topological polar surface area (TPSA) is 55.2 Å². The standard InChI is InChI=1S/C21H23N3O2S2/c1-3-24(12-14-8-5-4-6-9-14)17(25)13-27-21-22-19-18(20(26)23(21)2)15-10-7-11-16(15)28-19/h4-6,8-9H,3,7,10-13H2,1-2H3. The van der Waals surface area contributed by atoms with E-state index in [1.165, 1.54) is 22.2 Å². The van der Waals surface area contributed by atoms with Gasteiger partial charge in [0.15, 0.2) is 5.16 Å². The van der Waals surface area contributed by atoms with Crippen molar-refractivity contribution in [1.29, 1.82) is 0 Å². The highest BCUT2D eigenvalue weighted by molar-refractivity contribution is 7.99. The van der Waals surface area contributed by atoms with Crippen molar-refractivity contribution in [1.82, 2.24) is 14.5 Å². The second kappa shape index (κ2) is 8.09. The minimum atomic E-state index is 0.0102. The van der Waals surface area contributed by atoms with E-state index in [4.69, 9.17) is 4.98 Å². The molecule has 1 aliphatic carbocycles. The van der Waals surface area contributed by atoms with E-state index in [9.17, 15) is 9.59 Å². The summed E-state index contributed by atoms with van der Waals surface area (Å²) in [6, 6.07) is 9.99. The van der Waals surface area contributed by atoms with Crippen LogP contribution >= 0.6 is 23.1 Å². The lowest BCUT2D eigenvalue weighted by Gasteiger charge is -2.21. The zero-order chi connectivity index (χ0) is 19.7. The molecule has 1 aromatic carbocycles. The molecule has 1 aliphatic rings. The van der Waals surface area contributed by atoms with Gasteiger partial charge in [0.25, 0.3) is 5.56 Å². The number of carbonyl (C=O) groups excluding carboxylic acids is 1. The first-order chi connectivity index (χ1) is 13.6. The van der Waals surface area contributed by atoms with E-state index in [0.717, 1.165) is 35.0 Å². The van der Waals surface area contributed by atoms with Crippen LogP contribution in [-0.4, -0.2) is 32.7 Å². The van der Waals surface area contributed by atoms with Gasteiger partial charge in [-0.05, 0) is 37.3 Å². The van der Waals surface area contributed by atoms with Gasteiger partial charge in [0.05, 0.1) is 11.1 Å². The van der Waals surface area contributed by atoms with Gasteiger partial charge in [0, 0.05) is 25.0 Å². The Morgan fingerprint density at radius 2 is 2.07 bits per heavy atom. The number of fused-ring (bicyclic) bond motifs is 3. The molecular weight excluding hydrogens is 390 g/mol. The van der Waals surface area contributed by atoms with Crippen LogP contribution in [0.15, 0.2) is 40.3 Å². The molecule has 2 aromatic heterocycles. The van der Waals surface area contributed by atoms with Gasteiger partial charge in [-0.2, -0.15) is 0 Å². The lowest BCUT2D eigenvalue weighted by Crippen LogP contribution is -2.32. The minimum absolute atomic E-state index is 0.0102. The second-order valence-electron chi connectivity index (χ2n) is 6.98. The molecule has 0 saturated carbocycles. The largest absolute Gasteiger partial charge is 0.338 e. The third kappa shape index (κ3) is 3.61. The molecule has 0 unspecified atom stereocenters. The van der Waals surface area contributed by atoms with Gasteiger partial charge < -0.3 is 4.90 Å². The van der Waals surface area contributed by atoms with Crippen molar-refractivity contribution in [3.05, 3.63) is 56.7 Å². The van der Waals surface area contributed by atoms with Crippen LogP contribution in [0.4, 0.5) is 0 Å². The van der Waals surface area contributed by atoms with Crippen LogP contribution < -0.4 is 5.56 Å². The van der Waals surface area contributed by atoms with E-state index in [0.29, 0.717) is 18.2 Å². The van der Waals surface area contributed by atoms with Gasteiger partial charge in [0.1, 0.15) is 4.83 Å². The first kappa shape index (κ1) is 19.2. The number of benzene rings is 1. The Morgan fingerprint density at radius 3 is 2.82 bits per heavy atom. The lowest BCUT2D eigenvalue weighted by atomic mass is 10.2. The average Bonchev–Trinajstić information content (AvgIpc) is 3.29. The molecule has 3 aromatic rings. The van der Waals surface area contributed by atoms with E-state index in [-0.39, 0.29) is 17.2 Å². The summed E-state index contributed by atoms with van der Waals surface area (Å²) in [6.07, 6.45) is 3.15. The van der Waals surface area contributed by atoms with Crippen molar-refractivity contribution < 1.29 is 4.79 Å². The molecule has 0 bridgehead atoms. The maximum atomic E-state index is 12.9. The summed E-state index contributed by atoms with van der Waals surface area (Å²) in [5.41, 5.74) is 2.32. The number of thiophene rings is 1. The molecule has 0 radical (unpaired) electrons. The molecule has 0 spiro atoms. The highest BCUT2D eigenvalue weighted by Crippen LogP contribution is 2.35. The van der Waals surface area contributed by atoms with Gasteiger partial charge in [0.2, 0.25) is 5.91 Å². The van der Waals surface area contributed by atoms with Crippen LogP contribution in [0.25, 0.3) is 10.2 Å². The monoisotopic (exact) mass is 413 g/mol. The first-order valence-electron chi connectivity index (χ1n) is 9.54. The Hall–Kier alpha value is -2.12. The Balaban J connectivity index is 1.51. The molecule has 0 N–H and O–H groups in total. The summed E-state index contributed by atoms with van der Waals surface area (Å²) in [7, 11) is 1.75. The van der Waals surface area contributed by atoms with Gasteiger partial charge in [-0.15, -0.1) is 11.3 Å². The number of amides is 1. The zero-order valence-electron chi connectivity index (χ0n) is 16.1. The smallest absolute Gasteiger partial charge is 0.262 e. The number of carbonyl (C=O) groups is 1. The normalized spacial score (nSPS) is 13.1. The molecule has 0 fully saturated rings. The number of hydrogen-bond acceptors (Lipinski definition) is 5. The van der Waals surface area contributed by atoms with Crippen molar-refractivity contribution in [2.45, 2.75) is 37.9 Å². The predicted molar refractivity (Wildman–Crippen MR) is 115 cm³/mol. The SMILES string of the molecule is CCN(Cc1ccccc1)C(=O)CSc1nc2sc3c(c2c(=O)n1C)CCC3. The Labute approximate surface area is 172 Å². The van der Waals surface area contributed by atoms with E-state index in [1.807, 2.05) is 42.2 Å². The molecule has 0 atom stereocenters. The third-order valence-corrected chi connectivity index (χ3v) is 7.38. The molecule has 4 rings (SSSR count). The summed E-state index contributed by atoms with van der Waals surface area (Å²) in [6.45, 7) is 3.23. The van der Waals surface area contributed by atoms with Gasteiger partial charge in [-0.3, -0.25) is 14.2 Å². The fraction of sp³-hybridized carbons (Fsp3) is 0.381. The number of nitrogens with zero attached hydrogens (tertiary/aromatic N) is 3. The highest BCUT2D eigenvalue weighted by atomic mass is 32.2. The summed E-state index contributed by atoms with van der Waals surface area (Å²) in [5.74, 6) is 0.330. The molecule has 0 aliphatic heterocycles. The zero-order valence-corrected chi connectivity index (χ0v) is 17.7. The quantitative estimate of drug-likeness (QED) is 0.457. The maximum Gasteiger partial charge on any atom is 0.262 e. The highest BCUT2D eigenvalue weighted by Gasteiger charge is 2.23. The number of aryl methyl sites for hydroxylation is 2. The summed E-state index contributed by atoms with van der Waals surface area (Å²) >= 11 is 2.98. The third-order valence-electron chi connectivity index (χ3n) is 5.18. The van der Waals surface area contributed by atoms with Crippen molar-refractivity contribution in [3.63, 3.8) is 0 Å². The van der Waals surface area contributed by atoms with E-state index >= 15 is 0 Å². The summed E-state index contributed by atoms with van der Waals surface area (Å²) in [4.78, 5) is 34.3. The molecule has 1 amide bonds. The minimum Gasteiger partial charge on any atom is -0.338 e. The average molecular weight is 414 g/mol. The Kier molecular flexibility index (Phi) is 5.55.